The number of benzene rings is 2. The van der Waals surface area contributed by atoms with Gasteiger partial charge >= 0.3 is 0 Å². The van der Waals surface area contributed by atoms with Crippen LogP contribution in [0.25, 0.3) is 0 Å². The minimum Gasteiger partial charge on any atom is -0.378 e. The Labute approximate surface area is 108 Å². The molecule has 0 spiro atoms. The Kier molecular flexibility index (Phi) is 3.98. The minimum atomic E-state index is -0.172. The third-order valence-corrected chi connectivity index (χ3v) is 3.07. The Balaban J connectivity index is 1.95. The highest BCUT2D eigenvalue weighted by atomic mass is 19.1. The molecule has 0 N–H and O–H groups in total. The van der Waals surface area contributed by atoms with Gasteiger partial charge in [0, 0.05) is 19.8 Å². The molecule has 0 aromatic heterocycles. The van der Waals surface area contributed by atoms with Crippen molar-refractivity contribution < 1.29 is 4.39 Å². The van der Waals surface area contributed by atoms with E-state index < -0.39 is 0 Å². The summed E-state index contributed by atoms with van der Waals surface area (Å²) >= 11 is 0. The lowest BCUT2D eigenvalue weighted by molar-refractivity contribution is 0.627. The molecule has 18 heavy (non-hydrogen) atoms. The molecular weight excluding hydrogens is 225 g/mol. The van der Waals surface area contributed by atoms with Gasteiger partial charge in [0.1, 0.15) is 5.82 Å². The Morgan fingerprint density at radius 1 is 0.778 bits per heavy atom. The summed E-state index contributed by atoms with van der Waals surface area (Å²) < 4.78 is 12.8. The quantitative estimate of drug-likeness (QED) is 0.792. The van der Waals surface area contributed by atoms with Gasteiger partial charge in [0.05, 0.1) is 0 Å². The van der Waals surface area contributed by atoms with Gasteiger partial charge in [-0.25, -0.2) is 4.39 Å². The maximum Gasteiger partial charge on any atom is 0.123 e. The molecule has 1 nitrogen and oxygen atoms in total. The van der Waals surface area contributed by atoms with Gasteiger partial charge in [-0.1, -0.05) is 24.3 Å². The van der Waals surface area contributed by atoms with Gasteiger partial charge in [0.2, 0.25) is 0 Å². The molecule has 2 aromatic carbocycles. The summed E-state index contributed by atoms with van der Waals surface area (Å²) in [5.74, 6) is -0.172. The van der Waals surface area contributed by atoms with Crippen LogP contribution >= 0.6 is 0 Å². The summed E-state index contributed by atoms with van der Waals surface area (Å²) in [6, 6.07) is 15.3. The molecule has 94 valence electrons. The van der Waals surface area contributed by atoms with Crippen molar-refractivity contribution in [1.82, 2.24) is 0 Å². The fraction of sp³-hybridized carbons (Fsp3) is 0.250. The largest absolute Gasteiger partial charge is 0.378 e. The van der Waals surface area contributed by atoms with Crippen LogP contribution < -0.4 is 4.90 Å². The lowest BCUT2D eigenvalue weighted by Crippen LogP contribution is -2.08. The summed E-state index contributed by atoms with van der Waals surface area (Å²) in [7, 11) is 4.07. The summed E-state index contributed by atoms with van der Waals surface area (Å²) in [4.78, 5) is 2.09. The third-order valence-electron chi connectivity index (χ3n) is 3.07. The molecule has 0 saturated heterocycles. The van der Waals surface area contributed by atoms with Crippen LogP contribution in [0.3, 0.4) is 0 Å². The van der Waals surface area contributed by atoms with Crippen LogP contribution in [-0.4, -0.2) is 14.1 Å². The van der Waals surface area contributed by atoms with Crippen molar-refractivity contribution in [1.29, 1.82) is 0 Å². The SMILES string of the molecule is CN(C)c1ccc(CCc2ccc(F)cc2)cc1. The maximum atomic E-state index is 12.8. The zero-order chi connectivity index (χ0) is 13.0. The standard InChI is InChI=1S/C16H18FN/c1-18(2)16-11-7-14(8-12-16)4-3-13-5-9-15(17)10-6-13/h5-12H,3-4H2,1-2H3. The molecule has 0 saturated carbocycles. The topological polar surface area (TPSA) is 3.24 Å². The first-order valence-corrected chi connectivity index (χ1v) is 6.16. The Morgan fingerprint density at radius 2 is 1.22 bits per heavy atom. The molecule has 2 aromatic rings. The predicted octanol–water partition coefficient (Wildman–Crippen LogP) is 3.68. The first kappa shape index (κ1) is 12.6. The molecule has 0 bridgehead atoms. The molecule has 2 heteroatoms. The lowest BCUT2D eigenvalue weighted by atomic mass is 10.0. The van der Waals surface area contributed by atoms with E-state index in [-0.39, 0.29) is 5.82 Å². The number of halogens is 1. The van der Waals surface area contributed by atoms with Crippen molar-refractivity contribution in [3.05, 3.63) is 65.5 Å². The Bertz CT molecular complexity index is 486. The minimum absolute atomic E-state index is 0.172. The van der Waals surface area contributed by atoms with Crippen LogP contribution in [0.1, 0.15) is 11.1 Å². The van der Waals surface area contributed by atoms with Gasteiger partial charge in [-0.3, -0.25) is 0 Å². The third kappa shape index (κ3) is 3.33. The van der Waals surface area contributed by atoms with Crippen LogP contribution in [-0.2, 0) is 12.8 Å². The first-order chi connectivity index (χ1) is 8.65. The van der Waals surface area contributed by atoms with Gasteiger partial charge in [-0.2, -0.15) is 0 Å². The fourth-order valence-corrected chi connectivity index (χ4v) is 1.90. The van der Waals surface area contributed by atoms with Crippen molar-refractivity contribution in [2.24, 2.45) is 0 Å². The zero-order valence-electron chi connectivity index (χ0n) is 10.9. The van der Waals surface area contributed by atoms with E-state index in [0.717, 1.165) is 12.8 Å². The number of rotatable bonds is 4. The second kappa shape index (κ2) is 5.67. The second-order valence-electron chi connectivity index (χ2n) is 4.69. The molecule has 0 heterocycles. The maximum absolute atomic E-state index is 12.8. The van der Waals surface area contributed by atoms with E-state index >= 15 is 0 Å². The summed E-state index contributed by atoms with van der Waals surface area (Å²) in [6.45, 7) is 0. The van der Waals surface area contributed by atoms with Gasteiger partial charge in [0.25, 0.3) is 0 Å². The monoisotopic (exact) mass is 243 g/mol. The number of aryl methyl sites for hydroxylation is 2. The molecule has 0 unspecified atom stereocenters. The molecule has 0 aliphatic heterocycles. The van der Waals surface area contributed by atoms with Crippen molar-refractivity contribution in [2.45, 2.75) is 12.8 Å². The highest BCUT2D eigenvalue weighted by Crippen LogP contribution is 2.14. The number of anilines is 1. The smallest absolute Gasteiger partial charge is 0.123 e. The lowest BCUT2D eigenvalue weighted by Gasteiger charge is -2.12. The van der Waals surface area contributed by atoms with Gasteiger partial charge < -0.3 is 4.90 Å². The van der Waals surface area contributed by atoms with Crippen molar-refractivity contribution >= 4 is 5.69 Å². The van der Waals surface area contributed by atoms with E-state index in [4.69, 9.17) is 0 Å². The van der Waals surface area contributed by atoms with Crippen LogP contribution in [0.4, 0.5) is 10.1 Å². The van der Waals surface area contributed by atoms with Crippen molar-refractivity contribution in [2.75, 3.05) is 19.0 Å². The van der Waals surface area contributed by atoms with Crippen LogP contribution in [0.2, 0.25) is 0 Å². The average molecular weight is 243 g/mol. The zero-order valence-corrected chi connectivity index (χ0v) is 10.9. The highest BCUT2D eigenvalue weighted by molar-refractivity contribution is 5.46. The van der Waals surface area contributed by atoms with Crippen molar-refractivity contribution in [3.63, 3.8) is 0 Å². The summed E-state index contributed by atoms with van der Waals surface area (Å²) in [5, 5.41) is 0. The van der Waals surface area contributed by atoms with E-state index in [1.165, 1.54) is 28.9 Å². The van der Waals surface area contributed by atoms with E-state index in [1.54, 1.807) is 0 Å². The van der Waals surface area contributed by atoms with E-state index in [9.17, 15) is 4.39 Å². The molecule has 0 aliphatic carbocycles. The molecule has 0 aliphatic rings. The highest BCUT2D eigenvalue weighted by Gasteiger charge is 1.98. The van der Waals surface area contributed by atoms with Crippen molar-refractivity contribution in [3.8, 4) is 0 Å². The summed E-state index contributed by atoms with van der Waals surface area (Å²) in [5.41, 5.74) is 3.69. The summed E-state index contributed by atoms with van der Waals surface area (Å²) in [6.07, 6.45) is 1.93. The molecule has 0 fully saturated rings. The van der Waals surface area contributed by atoms with E-state index in [1.807, 2.05) is 26.2 Å². The second-order valence-corrected chi connectivity index (χ2v) is 4.69. The molecular formula is C16H18FN. The molecule has 0 atom stereocenters. The van der Waals surface area contributed by atoms with Gasteiger partial charge in [0.15, 0.2) is 0 Å². The van der Waals surface area contributed by atoms with Gasteiger partial charge in [-0.15, -0.1) is 0 Å². The van der Waals surface area contributed by atoms with Crippen LogP contribution in [0.5, 0.6) is 0 Å². The average Bonchev–Trinajstić information content (AvgIpc) is 2.38. The number of nitrogens with zero attached hydrogens (tertiary/aromatic N) is 1. The van der Waals surface area contributed by atoms with Gasteiger partial charge in [-0.05, 0) is 48.2 Å². The molecule has 2 rings (SSSR count). The fourth-order valence-electron chi connectivity index (χ4n) is 1.90. The molecule has 0 amide bonds. The van der Waals surface area contributed by atoms with Crippen LogP contribution in [0.15, 0.2) is 48.5 Å². The molecule has 0 radical (unpaired) electrons. The first-order valence-electron chi connectivity index (χ1n) is 6.16. The Hall–Kier alpha value is -1.83. The normalized spacial score (nSPS) is 10.4. The van der Waals surface area contributed by atoms with Crippen LogP contribution in [0, 0.1) is 5.82 Å². The number of hydrogen-bond donors (Lipinski definition) is 0. The predicted molar refractivity (Wildman–Crippen MR) is 74.6 cm³/mol. The number of hydrogen-bond acceptors (Lipinski definition) is 1. The van der Waals surface area contributed by atoms with E-state index in [2.05, 4.69) is 29.2 Å². The Morgan fingerprint density at radius 3 is 1.67 bits per heavy atom. The van der Waals surface area contributed by atoms with E-state index in [0.29, 0.717) is 0 Å².